The van der Waals surface area contributed by atoms with Crippen LogP contribution < -0.4 is 10.5 Å². The molecule has 0 bridgehead atoms. The summed E-state index contributed by atoms with van der Waals surface area (Å²) < 4.78 is 9.94. The van der Waals surface area contributed by atoms with E-state index in [2.05, 4.69) is 0 Å². The van der Waals surface area contributed by atoms with Gasteiger partial charge in [0.1, 0.15) is 11.8 Å². The number of carbonyl (C=O) groups excluding carboxylic acids is 1. The van der Waals surface area contributed by atoms with E-state index in [1.165, 1.54) is 7.11 Å². The van der Waals surface area contributed by atoms with E-state index in [0.29, 0.717) is 16.3 Å². The van der Waals surface area contributed by atoms with Crippen LogP contribution in [0.3, 0.4) is 0 Å². The first-order valence-electron chi connectivity index (χ1n) is 4.86. The lowest BCUT2D eigenvalue weighted by Gasteiger charge is -2.15. The fourth-order valence-corrected chi connectivity index (χ4v) is 1.63. The third-order valence-corrected chi connectivity index (χ3v) is 2.41. The molecule has 0 heterocycles. The Morgan fingerprint density at radius 3 is 2.81 bits per heavy atom. The van der Waals surface area contributed by atoms with Crippen LogP contribution in [0.2, 0.25) is 5.02 Å². The van der Waals surface area contributed by atoms with Crippen molar-refractivity contribution in [3.8, 4) is 5.75 Å². The summed E-state index contributed by atoms with van der Waals surface area (Å²) in [5, 5.41) is 0.389. The third kappa shape index (κ3) is 2.65. The van der Waals surface area contributed by atoms with Crippen LogP contribution >= 0.6 is 11.6 Å². The van der Waals surface area contributed by atoms with Gasteiger partial charge in [0, 0.05) is 10.6 Å². The molecule has 0 amide bonds. The zero-order valence-electron chi connectivity index (χ0n) is 9.20. The van der Waals surface area contributed by atoms with Gasteiger partial charge in [-0.1, -0.05) is 17.7 Å². The van der Waals surface area contributed by atoms with Crippen molar-refractivity contribution in [2.45, 2.75) is 13.0 Å². The number of carbonyl (C=O) groups is 1. The lowest BCUT2D eigenvalue weighted by molar-refractivity contribution is -0.144. The summed E-state index contributed by atoms with van der Waals surface area (Å²) in [7, 11) is 1.49. The lowest BCUT2D eigenvalue weighted by atomic mass is 10.1. The van der Waals surface area contributed by atoms with Gasteiger partial charge in [0.25, 0.3) is 0 Å². The Morgan fingerprint density at radius 1 is 1.56 bits per heavy atom. The van der Waals surface area contributed by atoms with Crippen molar-refractivity contribution in [3.63, 3.8) is 0 Å². The maximum absolute atomic E-state index is 11.5. The molecule has 0 saturated carbocycles. The number of rotatable bonds is 4. The first-order valence-corrected chi connectivity index (χ1v) is 5.24. The number of methoxy groups -OCH3 is 1. The molecule has 1 aromatic rings. The summed E-state index contributed by atoms with van der Waals surface area (Å²) in [6, 6.07) is 4.14. The topological polar surface area (TPSA) is 61.5 Å². The van der Waals surface area contributed by atoms with E-state index in [1.807, 2.05) is 0 Å². The van der Waals surface area contributed by atoms with Gasteiger partial charge in [0.15, 0.2) is 0 Å². The quantitative estimate of drug-likeness (QED) is 0.821. The van der Waals surface area contributed by atoms with Crippen LogP contribution in [-0.2, 0) is 9.53 Å². The lowest BCUT2D eigenvalue weighted by Crippen LogP contribution is -2.24. The van der Waals surface area contributed by atoms with Crippen molar-refractivity contribution in [2.75, 3.05) is 13.7 Å². The maximum Gasteiger partial charge on any atom is 0.327 e. The normalized spacial score (nSPS) is 12.0. The smallest absolute Gasteiger partial charge is 0.327 e. The largest absolute Gasteiger partial charge is 0.496 e. The number of nitrogens with two attached hydrogens (primary N) is 1. The Kier molecular flexibility index (Phi) is 4.58. The van der Waals surface area contributed by atoms with Gasteiger partial charge in [0.2, 0.25) is 0 Å². The number of hydrogen-bond donors (Lipinski definition) is 1. The van der Waals surface area contributed by atoms with Crippen LogP contribution in [0.4, 0.5) is 0 Å². The number of ether oxygens (including phenoxy) is 2. The van der Waals surface area contributed by atoms with E-state index in [0.717, 1.165) is 0 Å². The van der Waals surface area contributed by atoms with Gasteiger partial charge in [-0.2, -0.15) is 0 Å². The molecule has 0 radical (unpaired) electrons. The van der Waals surface area contributed by atoms with Crippen LogP contribution in [0.5, 0.6) is 5.75 Å². The molecule has 0 aliphatic heterocycles. The average molecular weight is 244 g/mol. The van der Waals surface area contributed by atoms with Crippen molar-refractivity contribution in [1.82, 2.24) is 0 Å². The highest BCUT2D eigenvalue weighted by molar-refractivity contribution is 6.31. The second kappa shape index (κ2) is 5.72. The zero-order chi connectivity index (χ0) is 12.1. The van der Waals surface area contributed by atoms with Gasteiger partial charge in [-0.25, -0.2) is 4.79 Å². The molecular formula is C11H14ClNO3. The summed E-state index contributed by atoms with van der Waals surface area (Å²) in [6.07, 6.45) is 0. The first kappa shape index (κ1) is 12.8. The molecule has 0 aliphatic carbocycles. The molecular weight excluding hydrogens is 230 g/mol. The molecule has 5 heteroatoms. The molecule has 16 heavy (non-hydrogen) atoms. The Morgan fingerprint density at radius 2 is 2.25 bits per heavy atom. The molecule has 0 aromatic heterocycles. The number of esters is 1. The van der Waals surface area contributed by atoms with E-state index < -0.39 is 12.0 Å². The number of hydrogen-bond acceptors (Lipinski definition) is 4. The minimum atomic E-state index is -0.927. The summed E-state index contributed by atoms with van der Waals surface area (Å²) in [4.78, 5) is 11.5. The number of halogens is 1. The van der Waals surface area contributed by atoms with Crippen LogP contribution in [0.15, 0.2) is 18.2 Å². The standard InChI is InChI=1S/C11H14ClNO3/c1-3-16-11(14)10(13)9-7(12)5-4-6-8(9)15-2/h4-6,10H,3,13H2,1-2H3. The SMILES string of the molecule is CCOC(=O)C(N)c1c(Cl)cccc1OC. The molecule has 1 unspecified atom stereocenters. The van der Waals surface area contributed by atoms with Gasteiger partial charge in [-0.3, -0.25) is 0 Å². The summed E-state index contributed by atoms with van der Waals surface area (Å²) in [6.45, 7) is 1.99. The molecule has 88 valence electrons. The maximum atomic E-state index is 11.5. The Balaban J connectivity index is 3.06. The van der Waals surface area contributed by atoms with Crippen molar-refractivity contribution >= 4 is 17.6 Å². The van der Waals surface area contributed by atoms with Crippen LogP contribution in [0, 0.1) is 0 Å². The molecule has 0 spiro atoms. The van der Waals surface area contributed by atoms with Gasteiger partial charge in [-0.05, 0) is 19.1 Å². The molecule has 1 atom stereocenters. The zero-order valence-corrected chi connectivity index (χ0v) is 9.95. The van der Waals surface area contributed by atoms with Gasteiger partial charge < -0.3 is 15.2 Å². The first-order chi connectivity index (χ1) is 7.61. The van der Waals surface area contributed by atoms with Crippen LogP contribution in [0.1, 0.15) is 18.5 Å². The van der Waals surface area contributed by atoms with Crippen LogP contribution in [-0.4, -0.2) is 19.7 Å². The third-order valence-electron chi connectivity index (χ3n) is 2.08. The highest BCUT2D eigenvalue weighted by Gasteiger charge is 2.23. The Bertz CT molecular complexity index is 381. The highest BCUT2D eigenvalue weighted by atomic mass is 35.5. The average Bonchev–Trinajstić information content (AvgIpc) is 2.28. The minimum absolute atomic E-state index is 0.277. The van der Waals surface area contributed by atoms with Crippen molar-refractivity contribution in [1.29, 1.82) is 0 Å². The van der Waals surface area contributed by atoms with E-state index in [-0.39, 0.29) is 6.61 Å². The molecule has 0 fully saturated rings. The van der Waals surface area contributed by atoms with Gasteiger partial charge in [0.05, 0.1) is 13.7 Å². The molecule has 0 aliphatic rings. The van der Waals surface area contributed by atoms with E-state index in [1.54, 1.807) is 25.1 Å². The van der Waals surface area contributed by atoms with Gasteiger partial charge >= 0.3 is 5.97 Å². The second-order valence-corrected chi connectivity index (χ2v) is 3.49. The molecule has 1 aromatic carbocycles. The number of benzene rings is 1. The molecule has 4 nitrogen and oxygen atoms in total. The van der Waals surface area contributed by atoms with Gasteiger partial charge in [-0.15, -0.1) is 0 Å². The monoisotopic (exact) mass is 243 g/mol. The van der Waals surface area contributed by atoms with Crippen molar-refractivity contribution < 1.29 is 14.3 Å². The summed E-state index contributed by atoms with van der Waals surface area (Å²) in [5.41, 5.74) is 6.21. The van der Waals surface area contributed by atoms with E-state index in [9.17, 15) is 4.79 Å². The highest BCUT2D eigenvalue weighted by Crippen LogP contribution is 2.31. The molecule has 1 rings (SSSR count). The Labute approximate surface area is 99.3 Å². The van der Waals surface area contributed by atoms with E-state index in [4.69, 9.17) is 26.8 Å². The van der Waals surface area contributed by atoms with Crippen molar-refractivity contribution in [2.24, 2.45) is 5.73 Å². The Hall–Kier alpha value is -1.26. The summed E-state index contributed by atoms with van der Waals surface area (Å²) in [5.74, 6) is -0.0399. The second-order valence-electron chi connectivity index (χ2n) is 3.09. The summed E-state index contributed by atoms with van der Waals surface area (Å²) >= 11 is 5.98. The minimum Gasteiger partial charge on any atom is -0.496 e. The predicted molar refractivity (Wildman–Crippen MR) is 61.6 cm³/mol. The molecule has 2 N–H and O–H groups in total. The van der Waals surface area contributed by atoms with Crippen LogP contribution in [0.25, 0.3) is 0 Å². The van der Waals surface area contributed by atoms with E-state index >= 15 is 0 Å². The van der Waals surface area contributed by atoms with Crippen molar-refractivity contribution in [3.05, 3.63) is 28.8 Å². The fourth-order valence-electron chi connectivity index (χ4n) is 1.35. The predicted octanol–water partition coefficient (Wildman–Crippen LogP) is 1.91. The molecule has 0 saturated heterocycles. The fraction of sp³-hybridized carbons (Fsp3) is 0.364.